The fourth-order valence-electron chi connectivity index (χ4n) is 4.48. The van der Waals surface area contributed by atoms with Crippen molar-refractivity contribution in [1.82, 2.24) is 0 Å². The van der Waals surface area contributed by atoms with Gasteiger partial charge in [-0.1, -0.05) is 25.8 Å². The van der Waals surface area contributed by atoms with Gasteiger partial charge in [0.2, 0.25) is 0 Å². The molecule has 0 aromatic carbocycles. The van der Waals surface area contributed by atoms with Crippen molar-refractivity contribution in [3.63, 3.8) is 0 Å². The van der Waals surface area contributed by atoms with E-state index in [2.05, 4.69) is 0 Å². The van der Waals surface area contributed by atoms with Crippen molar-refractivity contribution < 1.29 is 18.7 Å². The number of thioether (sulfide) groups is 2. The number of hydrogen-bond donors (Lipinski definition) is 0. The quantitative estimate of drug-likeness (QED) is 0.471. The summed E-state index contributed by atoms with van der Waals surface area (Å²) in [7, 11) is 0. The summed E-state index contributed by atoms with van der Waals surface area (Å²) in [4.78, 5) is 12.4. The van der Waals surface area contributed by atoms with Gasteiger partial charge in [0, 0.05) is 23.8 Å². The smallest absolute Gasteiger partial charge is 0.192 e. The van der Waals surface area contributed by atoms with E-state index in [-0.39, 0.29) is 11.8 Å². The number of carbonyl (C=O) groups excluding carboxylic acids is 1. The number of allylic oxidation sites excluding steroid dienone is 2. The van der Waals surface area contributed by atoms with Crippen molar-refractivity contribution in [1.29, 1.82) is 0 Å². The molecule has 3 atom stereocenters. The van der Waals surface area contributed by atoms with E-state index in [1.165, 1.54) is 24.5 Å². The molecule has 3 unspecified atom stereocenters. The van der Waals surface area contributed by atoms with Crippen molar-refractivity contribution >= 4 is 29.3 Å². The Morgan fingerprint density at radius 3 is 2.63 bits per heavy atom. The number of unbranched alkanes of at least 4 members (excludes halogenated alkanes) is 1. The van der Waals surface area contributed by atoms with E-state index in [1.54, 1.807) is 0 Å². The van der Waals surface area contributed by atoms with Crippen molar-refractivity contribution in [2.24, 2.45) is 11.8 Å². The first-order chi connectivity index (χ1) is 13.0. The van der Waals surface area contributed by atoms with E-state index >= 15 is 0 Å². The minimum Gasteiger partial charge on any atom is -0.347 e. The van der Waals surface area contributed by atoms with Crippen LogP contribution in [0.4, 0.5) is 4.39 Å². The monoisotopic (exact) mass is 416 g/mol. The van der Waals surface area contributed by atoms with Crippen LogP contribution in [0.1, 0.15) is 58.8 Å². The maximum atomic E-state index is 14.6. The molecule has 2 heterocycles. The highest BCUT2D eigenvalue weighted by Gasteiger charge is 2.51. The minimum atomic E-state index is -1.75. The van der Waals surface area contributed by atoms with Gasteiger partial charge in [-0.05, 0) is 44.6 Å². The van der Waals surface area contributed by atoms with Gasteiger partial charge in [-0.3, -0.25) is 4.79 Å². The topological polar surface area (TPSA) is 35.5 Å². The lowest BCUT2D eigenvalue weighted by atomic mass is 9.87. The van der Waals surface area contributed by atoms with Gasteiger partial charge in [-0.25, -0.2) is 4.39 Å². The number of hydrogen-bond acceptors (Lipinski definition) is 5. The summed E-state index contributed by atoms with van der Waals surface area (Å²) in [6.07, 6.45) is 9.38. The van der Waals surface area contributed by atoms with E-state index in [1.807, 2.05) is 36.5 Å². The molecule has 3 fully saturated rings. The Morgan fingerprint density at radius 2 is 1.96 bits per heavy atom. The average Bonchev–Trinajstić information content (AvgIpc) is 3.39. The molecule has 3 nitrogen and oxygen atoms in total. The Hall–Kier alpha value is -0.0400. The number of rotatable bonds is 9. The zero-order valence-corrected chi connectivity index (χ0v) is 18.2. The first-order valence-electron chi connectivity index (χ1n) is 10.4. The summed E-state index contributed by atoms with van der Waals surface area (Å²) in [5, 5.41) is 0. The molecule has 2 aliphatic heterocycles. The number of halogens is 1. The third kappa shape index (κ3) is 5.31. The molecule has 3 aliphatic rings. The van der Waals surface area contributed by atoms with Crippen LogP contribution >= 0.6 is 23.5 Å². The molecule has 1 spiro atoms. The summed E-state index contributed by atoms with van der Waals surface area (Å²) in [5.41, 5.74) is -1.75. The molecular weight excluding hydrogens is 383 g/mol. The van der Waals surface area contributed by atoms with Gasteiger partial charge in [0.05, 0.1) is 17.8 Å². The maximum Gasteiger partial charge on any atom is 0.192 e. The lowest BCUT2D eigenvalue weighted by Crippen LogP contribution is -2.36. The van der Waals surface area contributed by atoms with Gasteiger partial charge in [0.25, 0.3) is 0 Å². The molecule has 0 bridgehead atoms. The Balaban J connectivity index is 1.64. The minimum absolute atomic E-state index is 0.227. The molecule has 0 aromatic heterocycles. The lowest BCUT2D eigenvalue weighted by molar-refractivity contribution is -0.185. The zero-order valence-electron chi connectivity index (χ0n) is 16.6. The van der Waals surface area contributed by atoms with Crippen LogP contribution in [-0.4, -0.2) is 46.5 Å². The number of carbonyl (C=O) groups is 1. The molecule has 0 aromatic rings. The van der Waals surface area contributed by atoms with Crippen molar-refractivity contribution in [3.8, 4) is 0 Å². The zero-order chi connectivity index (χ0) is 19.3. The summed E-state index contributed by atoms with van der Waals surface area (Å²) >= 11 is 4.09. The number of alkyl halides is 1. The van der Waals surface area contributed by atoms with Crippen LogP contribution < -0.4 is 0 Å². The van der Waals surface area contributed by atoms with E-state index in [0.717, 1.165) is 38.5 Å². The Labute approximate surface area is 171 Å². The molecule has 27 heavy (non-hydrogen) atoms. The molecule has 1 saturated carbocycles. The van der Waals surface area contributed by atoms with Gasteiger partial charge < -0.3 is 9.47 Å². The second kappa shape index (κ2) is 9.64. The summed E-state index contributed by atoms with van der Waals surface area (Å²) in [6.45, 7) is 4.74. The predicted molar refractivity (Wildman–Crippen MR) is 112 cm³/mol. The second-order valence-electron chi connectivity index (χ2n) is 8.09. The molecule has 154 valence electrons. The molecule has 0 amide bonds. The van der Waals surface area contributed by atoms with Gasteiger partial charge in [0.15, 0.2) is 17.2 Å². The second-order valence-corrected chi connectivity index (χ2v) is 11.0. The van der Waals surface area contributed by atoms with Crippen molar-refractivity contribution in [2.45, 2.75) is 74.8 Å². The maximum absolute atomic E-state index is 14.6. The highest BCUT2D eigenvalue weighted by Crippen LogP contribution is 2.50. The fraction of sp³-hybridized carbons (Fsp3) is 0.857. The molecule has 0 radical (unpaired) electrons. The first kappa shape index (κ1) is 21.7. The highest BCUT2D eigenvalue weighted by molar-refractivity contribution is 8.20. The predicted octanol–water partition coefficient (Wildman–Crippen LogP) is 5.39. The van der Waals surface area contributed by atoms with Gasteiger partial charge in [-0.2, -0.15) is 0 Å². The largest absolute Gasteiger partial charge is 0.347 e. The average molecular weight is 417 g/mol. The molecule has 2 saturated heterocycles. The van der Waals surface area contributed by atoms with Crippen LogP contribution in [0.3, 0.4) is 0 Å². The van der Waals surface area contributed by atoms with E-state index in [9.17, 15) is 9.18 Å². The third-order valence-corrected chi connectivity index (χ3v) is 9.27. The Morgan fingerprint density at radius 1 is 1.26 bits per heavy atom. The third-order valence-electron chi connectivity index (χ3n) is 6.10. The number of ketones is 1. The standard InChI is InChI=1S/C21H33FO3S2/c1-3-4-10-20(2,22)18(23)7-5-16-9-11-21(24-12-13-25-21)17(16)6-8-19-26-14-15-27-19/h5,7,16-17,19H,3-4,6,8-15H2,1-2H3/b7-5+. The van der Waals surface area contributed by atoms with Gasteiger partial charge in [0.1, 0.15) is 0 Å². The van der Waals surface area contributed by atoms with Crippen LogP contribution in [0.15, 0.2) is 12.2 Å². The van der Waals surface area contributed by atoms with Gasteiger partial charge in [-0.15, -0.1) is 23.5 Å². The molecule has 1 aliphatic carbocycles. The van der Waals surface area contributed by atoms with E-state index in [4.69, 9.17) is 9.47 Å². The first-order valence-corrected chi connectivity index (χ1v) is 12.5. The fourth-order valence-corrected chi connectivity index (χ4v) is 7.34. The van der Waals surface area contributed by atoms with E-state index < -0.39 is 17.2 Å². The highest BCUT2D eigenvalue weighted by atomic mass is 32.2. The molecule has 3 rings (SSSR count). The molecule has 6 heteroatoms. The summed E-state index contributed by atoms with van der Waals surface area (Å²) in [6, 6.07) is 0. The van der Waals surface area contributed by atoms with Crippen LogP contribution in [0.2, 0.25) is 0 Å². The van der Waals surface area contributed by atoms with Crippen LogP contribution in [0, 0.1) is 11.8 Å². The Bertz CT molecular complexity index is 526. The van der Waals surface area contributed by atoms with Crippen molar-refractivity contribution in [3.05, 3.63) is 12.2 Å². The molecule has 0 N–H and O–H groups in total. The van der Waals surface area contributed by atoms with Gasteiger partial charge >= 0.3 is 0 Å². The van der Waals surface area contributed by atoms with Crippen molar-refractivity contribution in [2.75, 3.05) is 24.7 Å². The summed E-state index contributed by atoms with van der Waals surface area (Å²) in [5.74, 6) is 2.09. The summed E-state index contributed by atoms with van der Waals surface area (Å²) < 4.78 is 27.4. The van der Waals surface area contributed by atoms with E-state index in [0.29, 0.717) is 24.2 Å². The van der Waals surface area contributed by atoms with Crippen LogP contribution in [0.5, 0.6) is 0 Å². The normalized spacial score (nSPS) is 30.5. The van der Waals surface area contributed by atoms with Crippen LogP contribution in [0.25, 0.3) is 0 Å². The van der Waals surface area contributed by atoms with Crippen LogP contribution in [-0.2, 0) is 14.3 Å². The molecular formula is C21H33FO3S2. The SMILES string of the molecule is CCCCC(C)(F)C(=O)/C=C/C1CCC2(OCCO2)C1CCC1SCCS1. The Kier molecular flexibility index (Phi) is 7.73. The lowest BCUT2D eigenvalue weighted by Gasteiger charge is -2.32. The number of ether oxygens (including phenoxy) is 2.